The summed E-state index contributed by atoms with van der Waals surface area (Å²) in [7, 11) is 0. The smallest absolute Gasteiger partial charge is 0.132 e. The van der Waals surface area contributed by atoms with Gasteiger partial charge < -0.3 is 10.2 Å². The number of nitrogens with zero attached hydrogens (tertiary/aromatic N) is 3. The van der Waals surface area contributed by atoms with Gasteiger partial charge in [0.15, 0.2) is 0 Å². The first-order chi connectivity index (χ1) is 9.38. The lowest BCUT2D eigenvalue weighted by Crippen LogP contribution is -2.44. The van der Waals surface area contributed by atoms with Crippen LogP contribution in [0.4, 0.5) is 5.82 Å². The predicted octanol–water partition coefficient (Wildman–Crippen LogP) is 2.15. The summed E-state index contributed by atoms with van der Waals surface area (Å²) in [6.45, 7) is 4.52. The van der Waals surface area contributed by atoms with Gasteiger partial charge in [-0.2, -0.15) is 0 Å². The number of aromatic nitrogens is 2. The Hall–Kier alpha value is -1.16. The molecule has 3 heterocycles. The Morgan fingerprint density at radius 1 is 1.32 bits per heavy atom. The zero-order valence-corrected chi connectivity index (χ0v) is 11.8. The van der Waals surface area contributed by atoms with Crippen LogP contribution >= 0.6 is 0 Å². The van der Waals surface area contributed by atoms with Crippen molar-refractivity contribution in [2.45, 2.75) is 57.5 Å². The second-order valence-electron chi connectivity index (χ2n) is 5.72. The molecule has 0 aliphatic carbocycles. The quantitative estimate of drug-likeness (QED) is 0.900. The number of hydrogen-bond acceptors (Lipinski definition) is 4. The SMILES string of the molecule is CCCc1cc(N2CCCC2C2CCCN2)ncn1. The van der Waals surface area contributed by atoms with E-state index in [2.05, 4.69) is 33.2 Å². The van der Waals surface area contributed by atoms with Crippen LogP contribution in [-0.4, -0.2) is 35.1 Å². The summed E-state index contributed by atoms with van der Waals surface area (Å²) in [6, 6.07) is 3.48. The van der Waals surface area contributed by atoms with Crippen LogP contribution in [-0.2, 0) is 6.42 Å². The van der Waals surface area contributed by atoms with Crippen LogP contribution in [0, 0.1) is 0 Å². The number of nitrogens with one attached hydrogen (secondary N) is 1. The normalized spacial score (nSPS) is 27.1. The van der Waals surface area contributed by atoms with Crippen LogP contribution in [0.3, 0.4) is 0 Å². The van der Waals surface area contributed by atoms with Gasteiger partial charge in [-0.1, -0.05) is 13.3 Å². The van der Waals surface area contributed by atoms with Crippen molar-refractivity contribution in [3.8, 4) is 0 Å². The van der Waals surface area contributed by atoms with E-state index >= 15 is 0 Å². The second-order valence-corrected chi connectivity index (χ2v) is 5.72. The molecule has 0 radical (unpaired) electrons. The molecule has 1 N–H and O–H groups in total. The third-order valence-electron chi connectivity index (χ3n) is 4.37. The van der Waals surface area contributed by atoms with E-state index in [4.69, 9.17) is 0 Å². The third-order valence-corrected chi connectivity index (χ3v) is 4.37. The maximum atomic E-state index is 4.51. The van der Waals surface area contributed by atoms with Gasteiger partial charge in [0.05, 0.1) is 0 Å². The molecule has 2 fully saturated rings. The van der Waals surface area contributed by atoms with Gasteiger partial charge in [-0.25, -0.2) is 9.97 Å². The van der Waals surface area contributed by atoms with Gasteiger partial charge in [-0.15, -0.1) is 0 Å². The molecule has 3 rings (SSSR count). The van der Waals surface area contributed by atoms with Gasteiger partial charge in [0.1, 0.15) is 12.1 Å². The Morgan fingerprint density at radius 2 is 2.26 bits per heavy atom. The van der Waals surface area contributed by atoms with E-state index < -0.39 is 0 Å². The van der Waals surface area contributed by atoms with Gasteiger partial charge in [0.25, 0.3) is 0 Å². The largest absolute Gasteiger partial charge is 0.352 e. The fourth-order valence-electron chi connectivity index (χ4n) is 3.47. The highest BCUT2D eigenvalue weighted by Crippen LogP contribution is 2.28. The molecule has 0 saturated carbocycles. The fourth-order valence-corrected chi connectivity index (χ4v) is 3.47. The minimum atomic E-state index is 0.631. The molecule has 4 nitrogen and oxygen atoms in total. The molecular formula is C15H24N4. The fraction of sp³-hybridized carbons (Fsp3) is 0.733. The number of anilines is 1. The first-order valence-corrected chi connectivity index (χ1v) is 7.69. The number of hydrogen-bond donors (Lipinski definition) is 1. The molecule has 2 aliphatic heterocycles. The van der Waals surface area contributed by atoms with Crippen molar-refractivity contribution in [1.82, 2.24) is 15.3 Å². The summed E-state index contributed by atoms with van der Waals surface area (Å²) >= 11 is 0. The minimum Gasteiger partial charge on any atom is -0.352 e. The van der Waals surface area contributed by atoms with Gasteiger partial charge in [-0.3, -0.25) is 0 Å². The summed E-state index contributed by atoms with van der Waals surface area (Å²) < 4.78 is 0. The lowest BCUT2D eigenvalue weighted by atomic mass is 10.0. The zero-order valence-electron chi connectivity index (χ0n) is 11.8. The van der Waals surface area contributed by atoms with E-state index in [1.54, 1.807) is 6.33 Å². The van der Waals surface area contributed by atoms with Crippen molar-refractivity contribution < 1.29 is 0 Å². The van der Waals surface area contributed by atoms with Crippen molar-refractivity contribution in [1.29, 1.82) is 0 Å². The highest BCUT2D eigenvalue weighted by molar-refractivity contribution is 5.42. The average molecular weight is 260 g/mol. The number of rotatable bonds is 4. The molecule has 0 spiro atoms. The summed E-state index contributed by atoms with van der Waals surface area (Å²) in [5.74, 6) is 1.13. The van der Waals surface area contributed by atoms with Crippen molar-refractivity contribution in [3.63, 3.8) is 0 Å². The first-order valence-electron chi connectivity index (χ1n) is 7.69. The molecule has 0 bridgehead atoms. The highest BCUT2D eigenvalue weighted by atomic mass is 15.3. The third kappa shape index (κ3) is 2.73. The summed E-state index contributed by atoms with van der Waals surface area (Å²) in [4.78, 5) is 11.4. The standard InChI is InChI=1S/C15H24N4/c1-2-5-12-10-15(18-11-17-12)19-9-4-7-14(19)13-6-3-8-16-13/h10-11,13-14,16H,2-9H2,1H3. The Kier molecular flexibility index (Phi) is 3.97. The van der Waals surface area contributed by atoms with E-state index in [0.29, 0.717) is 12.1 Å². The van der Waals surface area contributed by atoms with Crippen LogP contribution in [0.1, 0.15) is 44.7 Å². The van der Waals surface area contributed by atoms with Crippen molar-refractivity contribution in [3.05, 3.63) is 18.1 Å². The number of aryl methyl sites for hydroxylation is 1. The van der Waals surface area contributed by atoms with Gasteiger partial charge in [0.2, 0.25) is 0 Å². The summed E-state index contributed by atoms with van der Waals surface area (Å²) in [6.07, 6.45) is 9.15. The lowest BCUT2D eigenvalue weighted by molar-refractivity contribution is 0.480. The maximum Gasteiger partial charge on any atom is 0.132 e. The lowest BCUT2D eigenvalue weighted by Gasteiger charge is -2.30. The van der Waals surface area contributed by atoms with E-state index in [9.17, 15) is 0 Å². The summed E-state index contributed by atoms with van der Waals surface area (Å²) in [5, 5.41) is 3.65. The van der Waals surface area contributed by atoms with Crippen LogP contribution < -0.4 is 10.2 Å². The Morgan fingerprint density at radius 3 is 3.05 bits per heavy atom. The first kappa shape index (κ1) is 12.9. The molecule has 1 aromatic rings. The molecule has 0 aromatic carbocycles. The average Bonchev–Trinajstić information content (AvgIpc) is 3.10. The summed E-state index contributed by atoms with van der Waals surface area (Å²) in [5.41, 5.74) is 1.18. The molecule has 2 atom stereocenters. The van der Waals surface area contributed by atoms with Gasteiger partial charge >= 0.3 is 0 Å². The minimum absolute atomic E-state index is 0.631. The maximum absolute atomic E-state index is 4.51. The van der Waals surface area contributed by atoms with E-state index in [1.165, 1.54) is 37.9 Å². The van der Waals surface area contributed by atoms with Crippen LogP contribution in [0.15, 0.2) is 12.4 Å². The molecule has 19 heavy (non-hydrogen) atoms. The second kappa shape index (κ2) is 5.87. The van der Waals surface area contributed by atoms with Crippen LogP contribution in [0.5, 0.6) is 0 Å². The van der Waals surface area contributed by atoms with Crippen molar-refractivity contribution in [2.24, 2.45) is 0 Å². The highest BCUT2D eigenvalue weighted by Gasteiger charge is 2.33. The molecule has 104 valence electrons. The molecule has 2 aliphatic rings. The molecule has 2 saturated heterocycles. The molecular weight excluding hydrogens is 236 g/mol. The monoisotopic (exact) mass is 260 g/mol. The predicted molar refractivity (Wildman–Crippen MR) is 77.4 cm³/mol. The van der Waals surface area contributed by atoms with Crippen molar-refractivity contribution in [2.75, 3.05) is 18.0 Å². The molecule has 4 heteroatoms. The molecule has 1 aromatic heterocycles. The Balaban J connectivity index is 1.77. The van der Waals surface area contributed by atoms with E-state index in [-0.39, 0.29) is 0 Å². The van der Waals surface area contributed by atoms with Crippen molar-refractivity contribution >= 4 is 5.82 Å². The van der Waals surface area contributed by atoms with Gasteiger partial charge in [0, 0.05) is 30.4 Å². The Bertz CT molecular complexity index is 414. The van der Waals surface area contributed by atoms with Crippen LogP contribution in [0.25, 0.3) is 0 Å². The molecule has 2 unspecified atom stereocenters. The van der Waals surface area contributed by atoms with E-state index in [0.717, 1.165) is 25.2 Å². The Labute approximate surface area is 115 Å². The zero-order chi connectivity index (χ0) is 13.1. The molecule has 0 amide bonds. The van der Waals surface area contributed by atoms with Crippen LogP contribution in [0.2, 0.25) is 0 Å². The van der Waals surface area contributed by atoms with E-state index in [1.807, 2.05) is 0 Å². The van der Waals surface area contributed by atoms with Gasteiger partial charge in [-0.05, 0) is 38.6 Å². The topological polar surface area (TPSA) is 41.0 Å².